The van der Waals surface area contributed by atoms with Gasteiger partial charge in [-0.05, 0) is 57.7 Å². The van der Waals surface area contributed by atoms with Crippen molar-refractivity contribution in [1.29, 1.82) is 0 Å². The Bertz CT molecular complexity index is 886. The molecule has 0 bridgehead atoms. The zero-order chi connectivity index (χ0) is 22.9. The second-order valence-corrected chi connectivity index (χ2v) is 10.0. The molecule has 3 aliphatic heterocycles. The maximum atomic E-state index is 12.4. The van der Waals surface area contributed by atoms with Gasteiger partial charge in [-0.1, -0.05) is 12.1 Å². The number of rotatable bonds is 2. The lowest BCUT2D eigenvalue weighted by Gasteiger charge is -2.48. The van der Waals surface area contributed by atoms with Crippen LogP contribution < -0.4 is 10.2 Å². The number of hydrogen-bond donors (Lipinski definition) is 1. The summed E-state index contributed by atoms with van der Waals surface area (Å²) in [4.78, 5) is 40.3. The molecule has 8 nitrogen and oxygen atoms in total. The van der Waals surface area contributed by atoms with Crippen molar-refractivity contribution in [3.8, 4) is 0 Å². The Hall–Kier alpha value is -2.61. The molecule has 1 aromatic rings. The van der Waals surface area contributed by atoms with Gasteiger partial charge in [0.05, 0.1) is 18.1 Å². The van der Waals surface area contributed by atoms with Crippen molar-refractivity contribution < 1.29 is 23.9 Å². The molecule has 1 unspecified atom stereocenters. The monoisotopic (exact) mass is 443 g/mol. The maximum absolute atomic E-state index is 12.4. The van der Waals surface area contributed by atoms with E-state index in [-0.39, 0.29) is 29.4 Å². The molecule has 8 heteroatoms. The largest absolute Gasteiger partial charge is 0.444 e. The maximum Gasteiger partial charge on any atom is 0.410 e. The number of anilines is 1. The molecule has 3 heterocycles. The van der Waals surface area contributed by atoms with Crippen LogP contribution in [0.15, 0.2) is 24.3 Å². The highest BCUT2D eigenvalue weighted by Crippen LogP contribution is 2.34. The molecular weight excluding hydrogens is 410 g/mol. The van der Waals surface area contributed by atoms with E-state index in [0.29, 0.717) is 32.5 Å². The number of hydrogen-bond acceptors (Lipinski definition) is 6. The second kappa shape index (κ2) is 8.73. The van der Waals surface area contributed by atoms with E-state index >= 15 is 0 Å². The summed E-state index contributed by atoms with van der Waals surface area (Å²) in [5.41, 5.74) is 1.21. The summed E-state index contributed by atoms with van der Waals surface area (Å²) >= 11 is 0. The predicted molar refractivity (Wildman–Crippen MR) is 120 cm³/mol. The van der Waals surface area contributed by atoms with Crippen LogP contribution in [0.2, 0.25) is 0 Å². The molecule has 174 valence electrons. The number of amides is 3. The minimum absolute atomic E-state index is 0.199. The normalized spacial score (nSPS) is 23.8. The number of piperidine rings is 2. The van der Waals surface area contributed by atoms with Crippen LogP contribution in [0, 0.1) is 0 Å². The first-order chi connectivity index (χ1) is 15.1. The van der Waals surface area contributed by atoms with Crippen LogP contribution in [-0.2, 0) is 19.1 Å². The van der Waals surface area contributed by atoms with Gasteiger partial charge in [-0.2, -0.15) is 0 Å². The first-order valence-corrected chi connectivity index (χ1v) is 11.4. The van der Waals surface area contributed by atoms with Gasteiger partial charge in [0.2, 0.25) is 11.8 Å². The lowest BCUT2D eigenvalue weighted by molar-refractivity contribution is -0.134. The van der Waals surface area contributed by atoms with Crippen molar-refractivity contribution in [3.63, 3.8) is 0 Å². The number of benzene rings is 1. The van der Waals surface area contributed by atoms with Crippen molar-refractivity contribution in [1.82, 2.24) is 10.2 Å². The highest BCUT2D eigenvalue weighted by Gasteiger charge is 2.41. The number of carbonyl (C=O) groups excluding carboxylic acids is 3. The summed E-state index contributed by atoms with van der Waals surface area (Å²) in [6.07, 6.45) is 2.17. The Kier molecular flexibility index (Phi) is 6.16. The summed E-state index contributed by atoms with van der Waals surface area (Å²) in [5, 5.41) is 2.45. The number of ether oxygens (including phenoxy) is 2. The van der Waals surface area contributed by atoms with Gasteiger partial charge in [0.1, 0.15) is 5.60 Å². The van der Waals surface area contributed by atoms with E-state index in [2.05, 4.69) is 22.3 Å². The Morgan fingerprint density at radius 1 is 1.19 bits per heavy atom. The summed E-state index contributed by atoms with van der Waals surface area (Å²) < 4.78 is 11.8. The molecule has 1 N–H and O–H groups in total. The lowest BCUT2D eigenvalue weighted by atomic mass is 9.88. The lowest BCUT2D eigenvalue weighted by Crippen LogP contribution is -2.58. The summed E-state index contributed by atoms with van der Waals surface area (Å²) in [6, 6.07) is 8.06. The van der Waals surface area contributed by atoms with Gasteiger partial charge in [-0.3, -0.25) is 14.9 Å². The van der Waals surface area contributed by atoms with Crippen molar-refractivity contribution in [2.75, 3.05) is 37.7 Å². The fraction of sp³-hybridized carbons (Fsp3) is 0.625. The molecule has 0 aromatic heterocycles. The van der Waals surface area contributed by atoms with Crippen molar-refractivity contribution in [3.05, 3.63) is 29.8 Å². The van der Waals surface area contributed by atoms with E-state index in [0.717, 1.165) is 37.2 Å². The molecule has 3 fully saturated rings. The smallest absolute Gasteiger partial charge is 0.410 e. The van der Waals surface area contributed by atoms with Crippen molar-refractivity contribution >= 4 is 23.6 Å². The molecule has 1 spiro atoms. The van der Waals surface area contributed by atoms with Crippen LogP contribution in [0.3, 0.4) is 0 Å². The van der Waals surface area contributed by atoms with Crippen LogP contribution in [0.25, 0.3) is 0 Å². The van der Waals surface area contributed by atoms with Crippen LogP contribution >= 0.6 is 0 Å². The molecular formula is C24H33N3O5. The Labute approximate surface area is 189 Å². The van der Waals surface area contributed by atoms with Gasteiger partial charge in [0.25, 0.3) is 0 Å². The topological polar surface area (TPSA) is 88.2 Å². The third-order valence-corrected chi connectivity index (χ3v) is 6.45. The molecule has 0 aliphatic carbocycles. The SMILES string of the molecule is CC(C)(C)OC(=O)N1CCC2(CC1)CN(c1cccc(C3CCC(=O)NC3=O)c1)CCO2. The fourth-order valence-electron chi connectivity index (χ4n) is 4.74. The molecule has 3 saturated heterocycles. The van der Waals surface area contributed by atoms with Crippen LogP contribution in [0.1, 0.15) is 57.9 Å². The summed E-state index contributed by atoms with van der Waals surface area (Å²) in [6.45, 7) is 8.99. The van der Waals surface area contributed by atoms with E-state index in [4.69, 9.17) is 9.47 Å². The quantitative estimate of drug-likeness (QED) is 0.708. The molecule has 1 atom stereocenters. The summed E-state index contributed by atoms with van der Waals surface area (Å²) in [5.74, 6) is -0.707. The molecule has 32 heavy (non-hydrogen) atoms. The number of nitrogens with zero attached hydrogens (tertiary/aromatic N) is 2. The average molecular weight is 444 g/mol. The molecule has 3 amide bonds. The number of carbonyl (C=O) groups is 3. The van der Waals surface area contributed by atoms with E-state index in [1.807, 2.05) is 32.9 Å². The Balaban J connectivity index is 1.41. The minimum Gasteiger partial charge on any atom is -0.444 e. The number of nitrogens with one attached hydrogen (secondary N) is 1. The number of imide groups is 1. The van der Waals surface area contributed by atoms with E-state index < -0.39 is 5.60 Å². The van der Waals surface area contributed by atoms with Gasteiger partial charge < -0.3 is 19.3 Å². The van der Waals surface area contributed by atoms with Crippen molar-refractivity contribution in [2.24, 2.45) is 0 Å². The van der Waals surface area contributed by atoms with Crippen LogP contribution in [-0.4, -0.2) is 66.8 Å². The predicted octanol–water partition coefficient (Wildman–Crippen LogP) is 2.81. The minimum atomic E-state index is -0.502. The molecule has 0 saturated carbocycles. The van der Waals surface area contributed by atoms with Gasteiger partial charge in [0.15, 0.2) is 0 Å². The van der Waals surface area contributed by atoms with Crippen molar-refractivity contribution in [2.45, 2.75) is 63.6 Å². The molecule has 4 rings (SSSR count). The standard InChI is InChI=1S/C24H33N3O5/c1-23(2,3)32-22(30)26-11-9-24(10-12-26)16-27(13-14-31-24)18-6-4-5-17(15-18)19-7-8-20(28)25-21(19)29/h4-6,15,19H,7-14,16H2,1-3H3,(H,25,28,29). The zero-order valence-electron chi connectivity index (χ0n) is 19.2. The summed E-state index contributed by atoms with van der Waals surface area (Å²) in [7, 11) is 0. The average Bonchev–Trinajstić information content (AvgIpc) is 2.73. The van der Waals surface area contributed by atoms with E-state index in [1.165, 1.54) is 0 Å². The third-order valence-electron chi connectivity index (χ3n) is 6.45. The van der Waals surface area contributed by atoms with Crippen LogP contribution in [0.4, 0.5) is 10.5 Å². The zero-order valence-corrected chi connectivity index (χ0v) is 19.2. The van der Waals surface area contributed by atoms with Gasteiger partial charge in [-0.15, -0.1) is 0 Å². The molecule has 0 radical (unpaired) electrons. The van der Waals surface area contributed by atoms with Gasteiger partial charge in [-0.25, -0.2) is 4.79 Å². The van der Waals surface area contributed by atoms with Gasteiger partial charge >= 0.3 is 6.09 Å². The van der Waals surface area contributed by atoms with E-state index in [1.54, 1.807) is 4.90 Å². The third kappa shape index (κ3) is 5.06. The first kappa shape index (κ1) is 22.6. The first-order valence-electron chi connectivity index (χ1n) is 11.4. The Morgan fingerprint density at radius 3 is 2.62 bits per heavy atom. The fourth-order valence-corrected chi connectivity index (χ4v) is 4.74. The Morgan fingerprint density at radius 2 is 1.94 bits per heavy atom. The van der Waals surface area contributed by atoms with Crippen LogP contribution in [0.5, 0.6) is 0 Å². The second-order valence-electron chi connectivity index (χ2n) is 10.0. The number of likely N-dealkylation sites (tertiary alicyclic amines) is 1. The molecule has 1 aromatic carbocycles. The van der Waals surface area contributed by atoms with Gasteiger partial charge in [0, 0.05) is 38.3 Å². The highest BCUT2D eigenvalue weighted by molar-refractivity contribution is 6.01. The highest BCUT2D eigenvalue weighted by atomic mass is 16.6. The number of morpholine rings is 1. The molecule has 3 aliphatic rings. The van der Waals surface area contributed by atoms with E-state index in [9.17, 15) is 14.4 Å².